The lowest BCUT2D eigenvalue weighted by Gasteiger charge is -2.02. The van der Waals surface area contributed by atoms with E-state index in [-0.39, 0.29) is 5.56 Å². The highest BCUT2D eigenvalue weighted by molar-refractivity contribution is 6.05. The van der Waals surface area contributed by atoms with Crippen molar-refractivity contribution in [2.45, 2.75) is 13.8 Å². The zero-order chi connectivity index (χ0) is 15.1. The number of aryl methyl sites for hydroxylation is 2. The van der Waals surface area contributed by atoms with Gasteiger partial charge in [-0.1, -0.05) is 12.1 Å². The summed E-state index contributed by atoms with van der Waals surface area (Å²) in [5, 5.41) is 0.715. The fraction of sp³-hybridized carbons (Fsp3) is 0.118. The van der Waals surface area contributed by atoms with Gasteiger partial charge in [-0.2, -0.15) is 0 Å². The highest BCUT2D eigenvalue weighted by Gasteiger charge is 2.17. The van der Waals surface area contributed by atoms with Gasteiger partial charge in [0.2, 0.25) is 0 Å². The van der Waals surface area contributed by atoms with E-state index in [1.165, 1.54) is 0 Å². The highest BCUT2D eigenvalue weighted by atomic mass is 19.1. The molecule has 0 aliphatic carbocycles. The number of benzene rings is 2. The van der Waals surface area contributed by atoms with Gasteiger partial charge in [-0.25, -0.2) is 8.78 Å². The second-order valence-electron chi connectivity index (χ2n) is 5.09. The normalized spacial score (nSPS) is 11.0. The molecule has 0 atom stereocenters. The number of hydrogen-bond donors (Lipinski definition) is 1. The Balaban J connectivity index is 2.40. The summed E-state index contributed by atoms with van der Waals surface area (Å²) in [7, 11) is 0. The van der Waals surface area contributed by atoms with E-state index in [0.717, 1.165) is 34.8 Å². The first-order valence-corrected chi connectivity index (χ1v) is 6.55. The number of aromatic amines is 1. The fourth-order valence-corrected chi connectivity index (χ4v) is 2.55. The third-order valence-corrected chi connectivity index (χ3v) is 3.86. The molecule has 4 heteroatoms. The Labute approximate surface area is 120 Å². The van der Waals surface area contributed by atoms with E-state index in [4.69, 9.17) is 0 Å². The molecule has 3 rings (SSSR count). The molecule has 0 aliphatic heterocycles. The van der Waals surface area contributed by atoms with Gasteiger partial charge in [-0.3, -0.25) is 4.79 Å². The topological polar surface area (TPSA) is 32.9 Å². The maximum Gasteiger partial charge on any atom is 0.152 e. The summed E-state index contributed by atoms with van der Waals surface area (Å²) >= 11 is 0. The van der Waals surface area contributed by atoms with Crippen LogP contribution in [0.15, 0.2) is 30.3 Å². The number of fused-ring (bicyclic) bond motifs is 1. The average molecular weight is 285 g/mol. The van der Waals surface area contributed by atoms with Gasteiger partial charge < -0.3 is 4.98 Å². The van der Waals surface area contributed by atoms with Crippen LogP contribution in [0.1, 0.15) is 21.5 Å². The number of aromatic nitrogens is 1. The van der Waals surface area contributed by atoms with Gasteiger partial charge in [-0.15, -0.1) is 0 Å². The van der Waals surface area contributed by atoms with Crippen LogP contribution in [0.4, 0.5) is 8.78 Å². The minimum atomic E-state index is -0.569. The van der Waals surface area contributed by atoms with Crippen LogP contribution in [0.3, 0.4) is 0 Å². The van der Waals surface area contributed by atoms with Gasteiger partial charge in [0.15, 0.2) is 6.29 Å². The number of aldehydes is 1. The lowest BCUT2D eigenvalue weighted by Crippen LogP contribution is -1.90. The number of halogens is 2. The average Bonchev–Trinajstić information content (AvgIpc) is 2.84. The minimum absolute atomic E-state index is 0.0605. The maximum atomic E-state index is 14.0. The summed E-state index contributed by atoms with van der Waals surface area (Å²) in [6, 6.07) is 6.93. The van der Waals surface area contributed by atoms with Crippen LogP contribution in [-0.2, 0) is 0 Å². The Morgan fingerprint density at radius 2 is 1.86 bits per heavy atom. The number of carbonyl (C=O) groups is 1. The Morgan fingerprint density at radius 3 is 2.57 bits per heavy atom. The fourth-order valence-electron chi connectivity index (χ4n) is 2.55. The second-order valence-corrected chi connectivity index (χ2v) is 5.09. The van der Waals surface area contributed by atoms with Crippen LogP contribution in [0.2, 0.25) is 0 Å². The molecule has 2 nitrogen and oxygen atoms in total. The van der Waals surface area contributed by atoms with Crippen molar-refractivity contribution >= 4 is 17.2 Å². The standard InChI is InChI=1S/C17H13F2NO/c1-9-3-5-12-14(8-21)17(20-16(12)10(9)2)13-7-11(18)4-6-15(13)19/h3-8,20H,1-2H3. The predicted octanol–water partition coefficient (Wildman–Crippen LogP) is 4.54. The van der Waals surface area contributed by atoms with Crippen molar-refractivity contribution in [2.24, 2.45) is 0 Å². The van der Waals surface area contributed by atoms with Crippen molar-refractivity contribution in [1.29, 1.82) is 0 Å². The Morgan fingerprint density at radius 1 is 1.10 bits per heavy atom. The molecule has 106 valence electrons. The van der Waals surface area contributed by atoms with Crippen molar-refractivity contribution in [2.75, 3.05) is 0 Å². The lowest BCUT2D eigenvalue weighted by molar-refractivity contribution is 0.112. The van der Waals surface area contributed by atoms with Crippen LogP contribution < -0.4 is 0 Å². The lowest BCUT2D eigenvalue weighted by atomic mass is 10.0. The first kappa shape index (κ1) is 13.5. The van der Waals surface area contributed by atoms with Crippen molar-refractivity contribution < 1.29 is 13.6 Å². The number of rotatable bonds is 2. The SMILES string of the molecule is Cc1ccc2c(C=O)c(-c3cc(F)ccc3F)[nH]c2c1C. The van der Waals surface area contributed by atoms with E-state index < -0.39 is 11.6 Å². The summed E-state index contributed by atoms with van der Waals surface area (Å²) in [5.41, 5.74) is 3.54. The number of H-pyrrole nitrogens is 1. The van der Waals surface area contributed by atoms with E-state index in [9.17, 15) is 13.6 Å². The Hall–Kier alpha value is -2.49. The molecular weight excluding hydrogens is 272 g/mol. The summed E-state index contributed by atoms with van der Waals surface area (Å²) in [6.07, 6.45) is 0.674. The molecule has 2 aromatic carbocycles. The summed E-state index contributed by atoms with van der Waals surface area (Å²) < 4.78 is 27.4. The highest BCUT2D eigenvalue weighted by Crippen LogP contribution is 2.33. The van der Waals surface area contributed by atoms with Crippen molar-refractivity contribution in [3.05, 3.63) is 58.7 Å². The zero-order valence-electron chi connectivity index (χ0n) is 11.6. The van der Waals surface area contributed by atoms with Gasteiger partial charge >= 0.3 is 0 Å². The molecule has 0 fully saturated rings. The third-order valence-electron chi connectivity index (χ3n) is 3.86. The quantitative estimate of drug-likeness (QED) is 0.689. The minimum Gasteiger partial charge on any atom is -0.354 e. The Kier molecular flexibility index (Phi) is 3.09. The molecule has 0 bridgehead atoms. The first-order valence-electron chi connectivity index (χ1n) is 6.55. The Bertz CT molecular complexity index is 865. The van der Waals surface area contributed by atoms with Gasteiger partial charge in [-0.05, 0) is 43.2 Å². The smallest absolute Gasteiger partial charge is 0.152 e. The molecule has 0 radical (unpaired) electrons. The molecule has 1 N–H and O–H groups in total. The first-order chi connectivity index (χ1) is 10.0. The van der Waals surface area contributed by atoms with Gasteiger partial charge in [0, 0.05) is 22.0 Å². The molecule has 21 heavy (non-hydrogen) atoms. The van der Waals surface area contributed by atoms with E-state index in [1.807, 2.05) is 26.0 Å². The van der Waals surface area contributed by atoms with E-state index in [2.05, 4.69) is 4.98 Å². The number of nitrogens with one attached hydrogen (secondary N) is 1. The molecule has 0 aliphatic rings. The van der Waals surface area contributed by atoms with Crippen LogP contribution in [0, 0.1) is 25.5 Å². The van der Waals surface area contributed by atoms with Crippen molar-refractivity contribution in [3.8, 4) is 11.3 Å². The van der Waals surface area contributed by atoms with Gasteiger partial charge in [0.1, 0.15) is 11.6 Å². The predicted molar refractivity (Wildman–Crippen MR) is 78.5 cm³/mol. The van der Waals surface area contributed by atoms with E-state index in [0.29, 0.717) is 22.9 Å². The van der Waals surface area contributed by atoms with Gasteiger partial charge in [0.25, 0.3) is 0 Å². The van der Waals surface area contributed by atoms with Gasteiger partial charge in [0.05, 0.1) is 5.69 Å². The summed E-state index contributed by atoms with van der Waals surface area (Å²) in [4.78, 5) is 14.5. The second kappa shape index (κ2) is 4.81. The number of hydrogen-bond acceptors (Lipinski definition) is 1. The number of carbonyl (C=O) groups excluding carboxylic acids is 1. The summed E-state index contributed by atoms with van der Waals surface area (Å²) in [5.74, 6) is -1.12. The zero-order valence-corrected chi connectivity index (χ0v) is 11.6. The van der Waals surface area contributed by atoms with E-state index in [1.54, 1.807) is 0 Å². The molecule has 0 saturated carbocycles. The molecule has 3 aromatic rings. The molecule has 0 amide bonds. The van der Waals surface area contributed by atoms with Crippen LogP contribution in [0.25, 0.3) is 22.2 Å². The molecule has 1 heterocycles. The molecule has 0 spiro atoms. The van der Waals surface area contributed by atoms with Crippen LogP contribution in [-0.4, -0.2) is 11.3 Å². The maximum absolute atomic E-state index is 14.0. The molecule has 0 unspecified atom stereocenters. The van der Waals surface area contributed by atoms with Crippen molar-refractivity contribution in [3.63, 3.8) is 0 Å². The third kappa shape index (κ3) is 2.03. The molecule has 1 aromatic heterocycles. The molecule has 0 saturated heterocycles. The summed E-state index contributed by atoms with van der Waals surface area (Å²) in [6.45, 7) is 3.88. The van der Waals surface area contributed by atoms with E-state index >= 15 is 0 Å². The van der Waals surface area contributed by atoms with Crippen molar-refractivity contribution in [1.82, 2.24) is 4.98 Å². The largest absolute Gasteiger partial charge is 0.354 e. The monoisotopic (exact) mass is 285 g/mol. The van der Waals surface area contributed by atoms with Crippen LogP contribution in [0.5, 0.6) is 0 Å². The molecular formula is C17H13F2NO. The van der Waals surface area contributed by atoms with Crippen LogP contribution >= 0.6 is 0 Å².